The highest BCUT2D eigenvalue weighted by molar-refractivity contribution is 7.87. The molecule has 1 amide bonds. The van der Waals surface area contributed by atoms with Gasteiger partial charge in [0.15, 0.2) is 0 Å². The van der Waals surface area contributed by atoms with E-state index in [1.165, 1.54) is 4.90 Å². The Morgan fingerprint density at radius 3 is 2.60 bits per heavy atom. The second-order valence-corrected chi connectivity index (χ2v) is 7.09. The number of hydrogen-bond acceptors (Lipinski definition) is 3. The number of benzene rings is 1. The summed E-state index contributed by atoms with van der Waals surface area (Å²) in [6.07, 6.45) is 0.161. The molecule has 1 unspecified atom stereocenters. The van der Waals surface area contributed by atoms with E-state index in [-0.39, 0.29) is 18.9 Å². The quantitative estimate of drug-likeness (QED) is 0.791. The van der Waals surface area contributed by atoms with Gasteiger partial charge in [0, 0.05) is 29.6 Å². The molecule has 0 aromatic heterocycles. The first-order valence-electron chi connectivity index (χ1n) is 5.92. The van der Waals surface area contributed by atoms with Crippen molar-refractivity contribution < 1.29 is 17.1 Å². The van der Waals surface area contributed by atoms with Gasteiger partial charge in [-0.05, 0) is 24.1 Å². The molecule has 0 saturated carbocycles. The number of rotatable bonds is 4. The van der Waals surface area contributed by atoms with Crippen LogP contribution in [0.1, 0.15) is 12.0 Å². The second kappa shape index (κ2) is 5.87. The van der Waals surface area contributed by atoms with Crippen molar-refractivity contribution in [3.63, 3.8) is 0 Å². The van der Waals surface area contributed by atoms with Crippen molar-refractivity contribution in [3.05, 3.63) is 33.8 Å². The maximum atomic E-state index is 12.9. The second-order valence-electron chi connectivity index (χ2n) is 4.63. The van der Waals surface area contributed by atoms with Crippen LogP contribution in [0.15, 0.2) is 18.2 Å². The van der Waals surface area contributed by atoms with Gasteiger partial charge < -0.3 is 4.90 Å². The average molecular weight is 340 g/mol. The summed E-state index contributed by atoms with van der Waals surface area (Å²) in [5.74, 6) is -0.360. The maximum absolute atomic E-state index is 12.9. The van der Waals surface area contributed by atoms with Gasteiger partial charge in [-0.3, -0.25) is 4.79 Å². The highest BCUT2D eigenvalue weighted by atomic mass is 35.5. The van der Waals surface area contributed by atoms with Crippen molar-refractivity contribution in [2.24, 2.45) is 0 Å². The Hall–Kier alpha value is -0.850. The molecule has 110 valence electrons. The first-order chi connectivity index (χ1) is 9.27. The van der Waals surface area contributed by atoms with Crippen LogP contribution in [-0.2, 0) is 21.4 Å². The molecule has 1 atom stereocenters. The summed E-state index contributed by atoms with van der Waals surface area (Å²) in [6.45, 7) is 0.190. The number of halogens is 3. The predicted molar refractivity (Wildman–Crippen MR) is 75.2 cm³/mol. The fourth-order valence-corrected chi connectivity index (χ4v) is 3.32. The molecular weight excluding hydrogens is 328 g/mol. The van der Waals surface area contributed by atoms with Crippen LogP contribution in [0.3, 0.4) is 0 Å². The lowest BCUT2D eigenvalue weighted by atomic mass is 10.1. The van der Waals surface area contributed by atoms with Gasteiger partial charge >= 0.3 is 10.2 Å². The van der Waals surface area contributed by atoms with Gasteiger partial charge in [0.25, 0.3) is 0 Å². The smallest absolute Gasteiger partial charge is 0.307 e. The standard InChI is InChI=1S/C12H12Cl2FNO3S/c13-9-2-1-8(11(14)5-9)3-4-16-7-10(6-12(16)17)20(15,18)19/h1-2,5,10H,3-4,6-7H2. The van der Waals surface area contributed by atoms with Crippen molar-refractivity contribution >= 4 is 39.3 Å². The molecular formula is C12H12Cl2FNO3S. The molecule has 1 fully saturated rings. The van der Waals surface area contributed by atoms with Crippen LogP contribution in [0.5, 0.6) is 0 Å². The third kappa shape index (κ3) is 3.62. The number of carbonyl (C=O) groups is 1. The van der Waals surface area contributed by atoms with Crippen LogP contribution >= 0.6 is 23.2 Å². The molecule has 0 aliphatic carbocycles. The van der Waals surface area contributed by atoms with E-state index >= 15 is 0 Å². The first kappa shape index (κ1) is 15.5. The number of carbonyl (C=O) groups excluding carboxylic acids is 1. The molecule has 2 rings (SSSR count). The van der Waals surface area contributed by atoms with E-state index in [1.807, 2.05) is 0 Å². The van der Waals surface area contributed by atoms with Crippen LogP contribution < -0.4 is 0 Å². The minimum Gasteiger partial charge on any atom is -0.341 e. The van der Waals surface area contributed by atoms with Crippen LogP contribution in [0.4, 0.5) is 3.89 Å². The zero-order valence-corrected chi connectivity index (χ0v) is 12.7. The number of likely N-dealkylation sites (tertiary alicyclic amines) is 1. The largest absolute Gasteiger partial charge is 0.341 e. The van der Waals surface area contributed by atoms with Crippen molar-refractivity contribution in [1.82, 2.24) is 4.90 Å². The van der Waals surface area contributed by atoms with Crippen LogP contribution in [0, 0.1) is 0 Å². The normalized spacial score (nSPS) is 19.6. The molecule has 8 heteroatoms. The molecule has 0 bridgehead atoms. The number of hydrogen-bond donors (Lipinski definition) is 0. The SMILES string of the molecule is O=C1CC(S(=O)(=O)F)CN1CCc1ccc(Cl)cc1Cl. The fourth-order valence-electron chi connectivity index (χ4n) is 2.12. The zero-order valence-electron chi connectivity index (χ0n) is 10.4. The maximum Gasteiger partial charge on any atom is 0.307 e. The molecule has 20 heavy (non-hydrogen) atoms. The Morgan fingerprint density at radius 1 is 1.35 bits per heavy atom. The molecule has 0 N–H and O–H groups in total. The first-order valence-corrected chi connectivity index (χ1v) is 8.13. The highest BCUT2D eigenvalue weighted by Gasteiger charge is 2.38. The minimum atomic E-state index is -4.67. The number of nitrogens with zero attached hydrogens (tertiary/aromatic N) is 1. The molecule has 4 nitrogen and oxygen atoms in total. The van der Waals surface area contributed by atoms with Crippen LogP contribution in [0.25, 0.3) is 0 Å². The van der Waals surface area contributed by atoms with E-state index in [0.29, 0.717) is 23.0 Å². The lowest BCUT2D eigenvalue weighted by Crippen LogP contribution is -2.29. The Morgan fingerprint density at radius 2 is 2.05 bits per heavy atom. The summed E-state index contributed by atoms with van der Waals surface area (Å²) in [4.78, 5) is 13.0. The summed E-state index contributed by atoms with van der Waals surface area (Å²) >= 11 is 11.8. The van der Waals surface area contributed by atoms with Crippen molar-refractivity contribution in [3.8, 4) is 0 Å². The third-order valence-corrected chi connectivity index (χ3v) is 4.94. The molecule has 1 heterocycles. The lowest BCUT2D eigenvalue weighted by Gasteiger charge is -2.16. The summed E-state index contributed by atoms with van der Waals surface area (Å²) < 4.78 is 34.5. The molecule has 1 aromatic carbocycles. The Labute approximate surface area is 126 Å². The molecule has 1 aliphatic rings. The molecule has 0 spiro atoms. The summed E-state index contributed by atoms with van der Waals surface area (Å²) in [5.41, 5.74) is 0.801. The van der Waals surface area contributed by atoms with Gasteiger partial charge in [0.05, 0.1) is 0 Å². The van der Waals surface area contributed by atoms with E-state index < -0.39 is 15.5 Å². The van der Waals surface area contributed by atoms with Gasteiger partial charge in [0.2, 0.25) is 5.91 Å². The molecule has 1 aliphatic heterocycles. The fraction of sp³-hybridized carbons (Fsp3) is 0.417. The summed E-state index contributed by atoms with van der Waals surface area (Å²) in [6, 6.07) is 5.02. The zero-order chi connectivity index (χ0) is 14.9. The van der Waals surface area contributed by atoms with Crippen LogP contribution in [-0.4, -0.2) is 37.6 Å². The monoisotopic (exact) mass is 339 g/mol. The third-order valence-electron chi connectivity index (χ3n) is 3.24. The summed E-state index contributed by atoms with van der Waals surface area (Å²) in [5, 5.41) is -0.255. The highest BCUT2D eigenvalue weighted by Crippen LogP contribution is 2.23. The average Bonchev–Trinajstić information content (AvgIpc) is 2.69. The Bertz CT molecular complexity index is 636. The minimum absolute atomic E-state index is 0.108. The van der Waals surface area contributed by atoms with E-state index in [4.69, 9.17) is 23.2 Å². The molecule has 1 aromatic rings. The number of amides is 1. The molecule has 0 radical (unpaired) electrons. The Kier molecular flexibility index (Phi) is 4.56. The Balaban J connectivity index is 1.99. The molecule has 1 saturated heterocycles. The summed E-state index contributed by atoms with van der Waals surface area (Å²) in [7, 11) is -4.67. The van der Waals surface area contributed by atoms with Gasteiger partial charge in [-0.1, -0.05) is 29.3 Å². The predicted octanol–water partition coefficient (Wildman–Crippen LogP) is 2.44. The van der Waals surface area contributed by atoms with Gasteiger partial charge in [-0.15, -0.1) is 3.89 Å². The lowest BCUT2D eigenvalue weighted by molar-refractivity contribution is -0.127. The van der Waals surface area contributed by atoms with Crippen molar-refractivity contribution in [2.45, 2.75) is 18.1 Å². The van der Waals surface area contributed by atoms with E-state index in [0.717, 1.165) is 5.56 Å². The van der Waals surface area contributed by atoms with Gasteiger partial charge in [-0.25, -0.2) is 0 Å². The van der Waals surface area contributed by atoms with Gasteiger partial charge in [0.1, 0.15) is 5.25 Å². The van der Waals surface area contributed by atoms with E-state index in [9.17, 15) is 17.1 Å². The van der Waals surface area contributed by atoms with Crippen molar-refractivity contribution in [1.29, 1.82) is 0 Å². The van der Waals surface area contributed by atoms with E-state index in [2.05, 4.69) is 0 Å². The van der Waals surface area contributed by atoms with Crippen LogP contribution in [0.2, 0.25) is 10.0 Å². The van der Waals surface area contributed by atoms with Gasteiger partial charge in [-0.2, -0.15) is 8.42 Å². The van der Waals surface area contributed by atoms with Crippen molar-refractivity contribution in [2.75, 3.05) is 13.1 Å². The van der Waals surface area contributed by atoms with E-state index in [1.54, 1.807) is 18.2 Å². The topological polar surface area (TPSA) is 54.5 Å².